The first-order chi connectivity index (χ1) is 9.51. The summed E-state index contributed by atoms with van der Waals surface area (Å²) in [7, 11) is 0. The Bertz CT molecular complexity index is 643. The summed E-state index contributed by atoms with van der Waals surface area (Å²) in [5.41, 5.74) is 1.61. The lowest BCUT2D eigenvalue weighted by Crippen LogP contribution is -2.08. The van der Waals surface area contributed by atoms with Gasteiger partial charge in [-0.3, -0.25) is 0 Å². The standard InChI is InChI=1S/C15H16FN3S/c1-9(2)15-19-14(8-20-15)10(3)18-13-5-4-11(7-17)6-12(13)16/h4-6,8-10,18H,1-3H3. The number of hydrogen-bond acceptors (Lipinski definition) is 4. The van der Waals surface area contributed by atoms with Crippen molar-refractivity contribution in [3.8, 4) is 6.07 Å². The van der Waals surface area contributed by atoms with E-state index in [1.165, 1.54) is 6.07 Å². The molecule has 0 aliphatic rings. The summed E-state index contributed by atoms with van der Waals surface area (Å²) < 4.78 is 13.8. The Morgan fingerprint density at radius 3 is 2.65 bits per heavy atom. The average Bonchev–Trinajstić information content (AvgIpc) is 2.91. The molecule has 1 aromatic heterocycles. The number of halogens is 1. The average molecular weight is 289 g/mol. The molecule has 1 N–H and O–H groups in total. The fourth-order valence-corrected chi connectivity index (χ4v) is 2.70. The Hall–Kier alpha value is -1.93. The molecule has 1 unspecified atom stereocenters. The Morgan fingerprint density at radius 1 is 1.35 bits per heavy atom. The molecule has 20 heavy (non-hydrogen) atoms. The van der Waals surface area contributed by atoms with Crippen LogP contribution in [0.15, 0.2) is 23.6 Å². The molecule has 0 bridgehead atoms. The number of anilines is 1. The van der Waals surface area contributed by atoms with Crippen molar-refractivity contribution >= 4 is 17.0 Å². The van der Waals surface area contributed by atoms with Gasteiger partial charge in [-0.1, -0.05) is 13.8 Å². The molecule has 104 valence electrons. The van der Waals surface area contributed by atoms with Gasteiger partial charge in [-0.25, -0.2) is 9.37 Å². The van der Waals surface area contributed by atoms with Crippen LogP contribution < -0.4 is 5.32 Å². The van der Waals surface area contributed by atoms with Gasteiger partial charge in [-0.2, -0.15) is 5.26 Å². The van der Waals surface area contributed by atoms with Crippen LogP contribution in [0.1, 0.15) is 49.0 Å². The first-order valence-electron chi connectivity index (χ1n) is 6.42. The van der Waals surface area contributed by atoms with Crippen molar-refractivity contribution in [2.45, 2.75) is 32.7 Å². The summed E-state index contributed by atoms with van der Waals surface area (Å²) in [6, 6.07) is 6.25. The number of thiazole rings is 1. The van der Waals surface area contributed by atoms with E-state index in [0.717, 1.165) is 10.7 Å². The zero-order valence-corrected chi connectivity index (χ0v) is 12.5. The summed E-state index contributed by atoms with van der Waals surface area (Å²) in [6.45, 7) is 6.14. The first-order valence-corrected chi connectivity index (χ1v) is 7.30. The van der Waals surface area contributed by atoms with Gasteiger partial charge < -0.3 is 5.32 Å². The van der Waals surface area contributed by atoms with Gasteiger partial charge in [0.2, 0.25) is 0 Å². The van der Waals surface area contributed by atoms with Crippen LogP contribution >= 0.6 is 11.3 Å². The molecule has 3 nitrogen and oxygen atoms in total. The van der Waals surface area contributed by atoms with Gasteiger partial charge in [0, 0.05) is 11.3 Å². The van der Waals surface area contributed by atoms with E-state index >= 15 is 0 Å². The maximum Gasteiger partial charge on any atom is 0.147 e. The SMILES string of the molecule is CC(C)c1nc(C(C)Nc2ccc(C#N)cc2F)cs1. The fraction of sp³-hybridized carbons (Fsp3) is 0.333. The van der Waals surface area contributed by atoms with Gasteiger partial charge in [0.25, 0.3) is 0 Å². The van der Waals surface area contributed by atoms with Gasteiger partial charge in [0.05, 0.1) is 34.1 Å². The molecule has 0 aliphatic carbocycles. The van der Waals surface area contributed by atoms with Crippen LogP contribution in [0.3, 0.4) is 0 Å². The predicted octanol–water partition coefficient (Wildman–Crippen LogP) is 4.45. The van der Waals surface area contributed by atoms with Crippen LogP contribution in [-0.4, -0.2) is 4.98 Å². The molecule has 1 heterocycles. The van der Waals surface area contributed by atoms with E-state index in [4.69, 9.17) is 5.26 Å². The third-order valence-electron chi connectivity index (χ3n) is 2.95. The van der Waals surface area contributed by atoms with Gasteiger partial charge in [-0.15, -0.1) is 11.3 Å². The van der Waals surface area contributed by atoms with Gasteiger partial charge in [0.1, 0.15) is 5.82 Å². The van der Waals surface area contributed by atoms with Crippen molar-refractivity contribution in [2.24, 2.45) is 0 Å². The summed E-state index contributed by atoms with van der Waals surface area (Å²) in [6.07, 6.45) is 0. The monoisotopic (exact) mass is 289 g/mol. The van der Waals surface area contributed by atoms with E-state index in [2.05, 4.69) is 24.1 Å². The van der Waals surface area contributed by atoms with Crippen LogP contribution in [0, 0.1) is 17.1 Å². The van der Waals surface area contributed by atoms with Crippen molar-refractivity contribution in [3.05, 3.63) is 45.7 Å². The number of nitrogens with zero attached hydrogens (tertiary/aromatic N) is 2. The van der Waals surface area contributed by atoms with Gasteiger partial charge in [-0.05, 0) is 25.1 Å². The molecule has 2 rings (SSSR count). The fourth-order valence-electron chi connectivity index (χ4n) is 1.77. The second-order valence-corrected chi connectivity index (χ2v) is 5.83. The Kier molecular flexibility index (Phi) is 4.35. The second kappa shape index (κ2) is 6.02. The van der Waals surface area contributed by atoms with E-state index in [-0.39, 0.29) is 6.04 Å². The van der Waals surface area contributed by atoms with Crippen LogP contribution in [0.25, 0.3) is 0 Å². The van der Waals surface area contributed by atoms with Crippen molar-refractivity contribution in [2.75, 3.05) is 5.32 Å². The summed E-state index contributed by atoms with van der Waals surface area (Å²) >= 11 is 1.62. The number of nitriles is 1. The highest BCUT2D eigenvalue weighted by Crippen LogP contribution is 2.26. The number of hydrogen-bond donors (Lipinski definition) is 1. The van der Waals surface area contributed by atoms with Crippen molar-refractivity contribution in [3.63, 3.8) is 0 Å². The number of aromatic nitrogens is 1. The molecule has 0 fully saturated rings. The number of rotatable bonds is 4. The Balaban J connectivity index is 2.14. The van der Waals surface area contributed by atoms with E-state index in [1.807, 2.05) is 18.4 Å². The molecule has 2 aromatic rings. The molecular weight excluding hydrogens is 273 g/mol. The minimum atomic E-state index is -0.421. The van der Waals surface area contributed by atoms with E-state index in [1.54, 1.807) is 23.5 Å². The quantitative estimate of drug-likeness (QED) is 0.904. The third-order valence-corrected chi connectivity index (χ3v) is 4.11. The van der Waals surface area contributed by atoms with Crippen molar-refractivity contribution in [1.29, 1.82) is 5.26 Å². The Morgan fingerprint density at radius 2 is 2.10 bits per heavy atom. The molecule has 1 aromatic carbocycles. The molecule has 5 heteroatoms. The largest absolute Gasteiger partial charge is 0.375 e. The zero-order chi connectivity index (χ0) is 14.7. The smallest absolute Gasteiger partial charge is 0.147 e. The topological polar surface area (TPSA) is 48.7 Å². The normalized spacial score (nSPS) is 12.2. The van der Waals surface area contributed by atoms with Crippen LogP contribution in [-0.2, 0) is 0 Å². The minimum absolute atomic E-state index is 0.0822. The second-order valence-electron chi connectivity index (χ2n) is 4.94. The van der Waals surface area contributed by atoms with Crippen molar-refractivity contribution < 1.29 is 4.39 Å². The summed E-state index contributed by atoms with van der Waals surface area (Å²) in [5.74, 6) is -0.0252. The molecule has 0 radical (unpaired) electrons. The molecule has 0 saturated heterocycles. The maximum absolute atomic E-state index is 13.8. The lowest BCUT2D eigenvalue weighted by molar-refractivity contribution is 0.626. The highest BCUT2D eigenvalue weighted by Gasteiger charge is 2.13. The molecule has 0 aliphatic heterocycles. The molecule has 0 saturated carbocycles. The zero-order valence-electron chi connectivity index (χ0n) is 11.6. The highest BCUT2D eigenvalue weighted by molar-refractivity contribution is 7.09. The van der Waals surface area contributed by atoms with Crippen molar-refractivity contribution in [1.82, 2.24) is 4.98 Å². The molecule has 0 spiro atoms. The lowest BCUT2D eigenvalue weighted by Gasteiger charge is -2.14. The van der Waals surface area contributed by atoms with E-state index in [9.17, 15) is 4.39 Å². The number of benzene rings is 1. The molecule has 0 amide bonds. The highest BCUT2D eigenvalue weighted by atomic mass is 32.1. The van der Waals surface area contributed by atoms with Gasteiger partial charge in [0.15, 0.2) is 0 Å². The van der Waals surface area contributed by atoms with Crippen LogP contribution in [0.5, 0.6) is 0 Å². The van der Waals surface area contributed by atoms with Gasteiger partial charge >= 0.3 is 0 Å². The first kappa shape index (κ1) is 14.5. The third kappa shape index (κ3) is 3.14. The number of nitrogens with one attached hydrogen (secondary N) is 1. The van der Waals surface area contributed by atoms with Crippen LogP contribution in [0.4, 0.5) is 10.1 Å². The Labute approximate surface area is 122 Å². The lowest BCUT2D eigenvalue weighted by atomic mass is 10.2. The molecular formula is C15H16FN3S. The van der Waals surface area contributed by atoms with E-state index < -0.39 is 5.82 Å². The van der Waals surface area contributed by atoms with E-state index in [0.29, 0.717) is 17.2 Å². The predicted molar refractivity (Wildman–Crippen MR) is 79.4 cm³/mol. The minimum Gasteiger partial charge on any atom is -0.375 e. The van der Waals surface area contributed by atoms with Crippen LogP contribution in [0.2, 0.25) is 0 Å². The molecule has 1 atom stereocenters. The summed E-state index contributed by atoms with van der Waals surface area (Å²) in [5, 5.41) is 14.9. The summed E-state index contributed by atoms with van der Waals surface area (Å²) in [4.78, 5) is 4.55. The maximum atomic E-state index is 13.8.